The van der Waals surface area contributed by atoms with Crippen molar-refractivity contribution in [3.63, 3.8) is 0 Å². The summed E-state index contributed by atoms with van der Waals surface area (Å²) in [4.78, 5) is 51.6. The lowest BCUT2D eigenvalue weighted by Crippen LogP contribution is -2.47. The molecule has 1 heterocycles. The Hall–Kier alpha value is -2.35. The van der Waals surface area contributed by atoms with E-state index < -0.39 is 30.4 Å². The molecule has 3 amide bonds. The maximum Gasteiger partial charge on any atom is 0.329 e. The molecule has 8 heteroatoms. The van der Waals surface area contributed by atoms with E-state index in [1.54, 1.807) is 24.3 Å². The van der Waals surface area contributed by atoms with Crippen LogP contribution in [0.4, 0.5) is 0 Å². The van der Waals surface area contributed by atoms with Gasteiger partial charge in [-0.15, -0.1) is 0 Å². The second kappa shape index (κ2) is 10.1. The van der Waals surface area contributed by atoms with Crippen LogP contribution >= 0.6 is 11.8 Å². The molecule has 0 spiro atoms. The van der Waals surface area contributed by atoms with Gasteiger partial charge in [0, 0.05) is 6.04 Å². The predicted octanol–water partition coefficient (Wildman–Crippen LogP) is 2.64. The molecular formula is C22H28N2O5S. The van der Waals surface area contributed by atoms with Crippen LogP contribution in [0.3, 0.4) is 0 Å². The van der Waals surface area contributed by atoms with E-state index in [1.165, 1.54) is 18.2 Å². The van der Waals surface area contributed by atoms with Gasteiger partial charge in [0.2, 0.25) is 0 Å². The van der Waals surface area contributed by atoms with Gasteiger partial charge in [0.15, 0.2) is 6.61 Å². The largest absolute Gasteiger partial charge is 0.454 e. The minimum absolute atomic E-state index is 0.0912. The minimum atomic E-state index is -1.05. The molecule has 3 atom stereocenters. The fraction of sp³-hybridized carbons (Fsp3) is 0.545. The SMILES string of the molecule is CSCC[C@H](C(=O)OCC(=O)N[C@H]1CCCC[C@@H]1C)N1C(=O)c2ccccc2C1=O. The molecule has 1 aromatic rings. The summed E-state index contributed by atoms with van der Waals surface area (Å²) in [6, 6.07) is 5.55. The van der Waals surface area contributed by atoms with Crippen LogP contribution < -0.4 is 5.32 Å². The number of nitrogens with zero attached hydrogens (tertiary/aromatic N) is 1. The van der Waals surface area contributed by atoms with Crippen LogP contribution in [0, 0.1) is 5.92 Å². The quantitative estimate of drug-likeness (QED) is 0.501. The van der Waals surface area contributed by atoms with Crippen LogP contribution in [0.15, 0.2) is 24.3 Å². The van der Waals surface area contributed by atoms with Crippen molar-refractivity contribution in [2.75, 3.05) is 18.6 Å². The van der Waals surface area contributed by atoms with Crippen LogP contribution in [0.2, 0.25) is 0 Å². The third-order valence-electron chi connectivity index (χ3n) is 5.81. The van der Waals surface area contributed by atoms with Gasteiger partial charge in [-0.05, 0) is 49.3 Å². The van der Waals surface area contributed by atoms with Crippen LogP contribution in [-0.2, 0) is 14.3 Å². The van der Waals surface area contributed by atoms with Crippen molar-refractivity contribution >= 4 is 35.5 Å². The molecule has 1 saturated carbocycles. The van der Waals surface area contributed by atoms with E-state index in [-0.39, 0.29) is 29.5 Å². The van der Waals surface area contributed by atoms with Gasteiger partial charge in [0.25, 0.3) is 17.7 Å². The highest BCUT2D eigenvalue weighted by atomic mass is 32.2. The van der Waals surface area contributed by atoms with Gasteiger partial charge in [-0.2, -0.15) is 11.8 Å². The summed E-state index contributed by atoms with van der Waals surface area (Å²) in [5.74, 6) is -1.12. The number of esters is 1. The first-order valence-electron chi connectivity index (χ1n) is 10.4. The molecule has 162 valence electrons. The lowest BCUT2D eigenvalue weighted by Gasteiger charge is -2.29. The highest BCUT2D eigenvalue weighted by Crippen LogP contribution is 2.27. The number of amides is 3. The number of hydrogen-bond donors (Lipinski definition) is 1. The zero-order chi connectivity index (χ0) is 21.7. The Balaban J connectivity index is 1.64. The molecule has 1 N–H and O–H groups in total. The van der Waals surface area contributed by atoms with Crippen LogP contribution in [0.1, 0.15) is 59.7 Å². The van der Waals surface area contributed by atoms with Gasteiger partial charge in [-0.1, -0.05) is 31.9 Å². The molecule has 0 unspecified atom stereocenters. The van der Waals surface area contributed by atoms with Gasteiger partial charge in [-0.3, -0.25) is 19.3 Å². The molecule has 0 bridgehead atoms. The second-order valence-corrected chi connectivity index (χ2v) is 8.85. The standard InChI is InChI=1S/C22H28N2O5S/c1-14-7-3-6-10-17(14)23-19(25)13-29-22(28)18(11-12-30-2)24-20(26)15-8-4-5-9-16(15)21(24)27/h4-5,8-9,14,17-18H,3,6-7,10-13H2,1-2H3,(H,23,25)/t14-,17-,18+/m0/s1. The number of benzene rings is 1. The Labute approximate surface area is 180 Å². The summed E-state index contributed by atoms with van der Waals surface area (Å²) in [5.41, 5.74) is 0.571. The summed E-state index contributed by atoms with van der Waals surface area (Å²) >= 11 is 1.50. The van der Waals surface area contributed by atoms with Gasteiger partial charge in [0.05, 0.1) is 11.1 Å². The Morgan fingerprint density at radius 1 is 1.17 bits per heavy atom. The molecule has 7 nitrogen and oxygen atoms in total. The fourth-order valence-corrected chi connectivity index (χ4v) is 4.54. The number of nitrogens with one attached hydrogen (secondary N) is 1. The summed E-state index contributed by atoms with van der Waals surface area (Å²) in [5, 5.41) is 2.94. The zero-order valence-electron chi connectivity index (χ0n) is 17.4. The van der Waals surface area contributed by atoms with E-state index in [4.69, 9.17) is 4.74 Å². The van der Waals surface area contributed by atoms with E-state index in [2.05, 4.69) is 12.2 Å². The number of rotatable bonds is 8. The molecule has 1 aliphatic heterocycles. The second-order valence-electron chi connectivity index (χ2n) is 7.87. The number of fused-ring (bicyclic) bond motifs is 1. The van der Waals surface area contributed by atoms with Crippen molar-refractivity contribution < 1.29 is 23.9 Å². The average Bonchev–Trinajstić information content (AvgIpc) is 2.99. The average molecular weight is 433 g/mol. The summed E-state index contributed by atoms with van der Waals surface area (Å²) < 4.78 is 5.24. The zero-order valence-corrected chi connectivity index (χ0v) is 18.2. The van der Waals surface area contributed by atoms with E-state index in [0.29, 0.717) is 11.7 Å². The number of carbonyl (C=O) groups is 4. The maximum absolute atomic E-state index is 12.8. The molecule has 0 radical (unpaired) electrons. The molecular weight excluding hydrogens is 404 g/mol. The summed E-state index contributed by atoms with van der Waals surface area (Å²) in [6.45, 7) is 1.69. The van der Waals surface area contributed by atoms with E-state index in [0.717, 1.165) is 24.2 Å². The van der Waals surface area contributed by atoms with Crippen molar-refractivity contribution in [1.82, 2.24) is 10.2 Å². The molecule has 0 saturated heterocycles. The molecule has 0 aromatic heterocycles. The van der Waals surface area contributed by atoms with Crippen molar-refractivity contribution in [1.29, 1.82) is 0 Å². The number of ether oxygens (including phenoxy) is 1. The van der Waals surface area contributed by atoms with E-state index in [1.807, 2.05) is 6.26 Å². The lowest BCUT2D eigenvalue weighted by atomic mass is 9.86. The van der Waals surface area contributed by atoms with Crippen LogP contribution in [0.5, 0.6) is 0 Å². The first-order valence-corrected chi connectivity index (χ1v) is 11.7. The van der Waals surface area contributed by atoms with Crippen molar-refractivity contribution in [2.45, 2.75) is 51.1 Å². The Bertz CT molecular complexity index is 793. The van der Waals surface area contributed by atoms with Crippen LogP contribution in [0.25, 0.3) is 0 Å². The van der Waals surface area contributed by atoms with E-state index >= 15 is 0 Å². The summed E-state index contributed by atoms with van der Waals surface area (Å²) in [6.07, 6.45) is 6.38. The Morgan fingerprint density at radius 3 is 2.40 bits per heavy atom. The number of imide groups is 1. The smallest absolute Gasteiger partial charge is 0.329 e. The first-order chi connectivity index (χ1) is 14.4. The third-order valence-corrected chi connectivity index (χ3v) is 6.45. The maximum atomic E-state index is 12.8. The molecule has 3 rings (SSSR count). The predicted molar refractivity (Wildman–Crippen MR) is 114 cm³/mol. The molecule has 1 aliphatic carbocycles. The Morgan fingerprint density at radius 2 is 1.80 bits per heavy atom. The van der Waals surface area contributed by atoms with Gasteiger partial charge in [-0.25, -0.2) is 4.79 Å². The van der Waals surface area contributed by atoms with E-state index in [9.17, 15) is 19.2 Å². The fourth-order valence-electron chi connectivity index (χ4n) is 4.08. The molecule has 1 aromatic carbocycles. The van der Waals surface area contributed by atoms with Crippen molar-refractivity contribution in [2.24, 2.45) is 5.92 Å². The first kappa shape index (κ1) is 22.3. The number of thioether (sulfide) groups is 1. The third kappa shape index (κ3) is 4.86. The lowest BCUT2D eigenvalue weighted by molar-refractivity contribution is -0.152. The number of hydrogen-bond acceptors (Lipinski definition) is 6. The Kier molecular flexibility index (Phi) is 7.53. The monoisotopic (exact) mass is 432 g/mol. The molecule has 30 heavy (non-hydrogen) atoms. The van der Waals surface area contributed by atoms with Crippen molar-refractivity contribution in [3.05, 3.63) is 35.4 Å². The van der Waals surface area contributed by atoms with Gasteiger partial charge < -0.3 is 10.1 Å². The number of carbonyl (C=O) groups excluding carboxylic acids is 4. The van der Waals surface area contributed by atoms with Gasteiger partial charge in [0.1, 0.15) is 6.04 Å². The van der Waals surface area contributed by atoms with Crippen molar-refractivity contribution in [3.8, 4) is 0 Å². The van der Waals surface area contributed by atoms with Gasteiger partial charge >= 0.3 is 5.97 Å². The highest BCUT2D eigenvalue weighted by Gasteiger charge is 2.43. The minimum Gasteiger partial charge on any atom is -0.454 e. The molecule has 1 fully saturated rings. The van der Waals surface area contributed by atoms with Crippen LogP contribution in [-0.4, -0.2) is 59.3 Å². The highest BCUT2D eigenvalue weighted by molar-refractivity contribution is 7.98. The summed E-state index contributed by atoms with van der Waals surface area (Å²) in [7, 11) is 0. The normalized spacial score (nSPS) is 21.9. The topological polar surface area (TPSA) is 92.8 Å². The molecule has 2 aliphatic rings.